The Balaban J connectivity index is 0.000000283. The molecule has 0 N–H and O–H groups in total. The third kappa shape index (κ3) is 8.46. The van der Waals surface area contributed by atoms with Crippen LogP contribution in [0.15, 0.2) is 0 Å². The van der Waals surface area contributed by atoms with Crippen LogP contribution in [0.3, 0.4) is 0 Å². The topological polar surface area (TPSA) is 77.1 Å². The van der Waals surface area contributed by atoms with Gasteiger partial charge < -0.3 is 36.0 Å². The number of epoxide rings is 1. The number of rotatable bonds is 13. The molecule has 2 aliphatic rings. The van der Waals surface area contributed by atoms with Gasteiger partial charge in [-0.05, 0) is 19.3 Å². The van der Waals surface area contributed by atoms with Crippen molar-refractivity contribution in [1.82, 2.24) is 0 Å². The molecular weight excluding hydrogens is 400 g/mol. The molecule has 1 atom stereocenters. The number of hydrogen-bond donors (Lipinski definition) is 0. The first-order valence-electron chi connectivity index (χ1n) is 10.1. The molecule has 2 rings (SSSR count). The Morgan fingerprint density at radius 2 is 1.32 bits per heavy atom. The maximum Gasteiger partial charge on any atom is 0.503 e. The molecule has 1 aliphatic heterocycles. The van der Waals surface area contributed by atoms with Crippen LogP contribution in [-0.2, 0) is 36.0 Å². The summed E-state index contributed by atoms with van der Waals surface area (Å²) in [6, 6.07) is 0.780. The van der Waals surface area contributed by atoms with Crippen molar-refractivity contribution in [2.24, 2.45) is 0 Å². The first kappa shape index (κ1) is 26.1. The van der Waals surface area contributed by atoms with E-state index in [0.717, 1.165) is 19.1 Å². The molecule has 0 aromatic heterocycles. The van der Waals surface area contributed by atoms with Crippen molar-refractivity contribution in [3.8, 4) is 0 Å². The van der Waals surface area contributed by atoms with E-state index in [0.29, 0.717) is 24.9 Å². The predicted molar refractivity (Wildman–Crippen MR) is 110 cm³/mol. The molecule has 1 aliphatic carbocycles. The van der Waals surface area contributed by atoms with E-state index in [1.807, 2.05) is 0 Å². The summed E-state index contributed by atoms with van der Waals surface area (Å²) in [6.07, 6.45) is 7.53. The molecule has 0 aromatic carbocycles. The summed E-state index contributed by atoms with van der Waals surface area (Å²) in [5, 5.41) is 0. The summed E-state index contributed by atoms with van der Waals surface area (Å²) in [7, 11) is 5.27. The fourth-order valence-corrected chi connectivity index (χ4v) is 7.84. The van der Waals surface area contributed by atoms with Gasteiger partial charge in [-0.3, -0.25) is 0 Å². The van der Waals surface area contributed by atoms with Crippen molar-refractivity contribution in [3.05, 3.63) is 0 Å². The third-order valence-electron chi connectivity index (χ3n) is 5.37. The highest BCUT2D eigenvalue weighted by molar-refractivity contribution is 6.62. The van der Waals surface area contributed by atoms with Gasteiger partial charge >= 0.3 is 17.6 Å². The lowest BCUT2D eigenvalue weighted by Gasteiger charge is -2.34. The van der Waals surface area contributed by atoms with Crippen molar-refractivity contribution in [2.45, 2.75) is 56.2 Å². The fourth-order valence-electron chi connectivity index (χ4n) is 3.53. The highest BCUT2D eigenvalue weighted by atomic mass is 28.4. The van der Waals surface area contributed by atoms with Gasteiger partial charge in [-0.25, -0.2) is 0 Å². The summed E-state index contributed by atoms with van der Waals surface area (Å²) in [5.41, 5.74) is 0.515. The third-order valence-corrected chi connectivity index (χ3v) is 11.5. The van der Waals surface area contributed by atoms with E-state index >= 15 is 0 Å². The molecule has 1 saturated carbocycles. The molecule has 1 heterocycles. The van der Waals surface area contributed by atoms with E-state index in [4.69, 9.17) is 36.0 Å². The van der Waals surface area contributed by atoms with E-state index in [-0.39, 0.29) is 0 Å². The minimum atomic E-state index is -2.39. The highest BCUT2D eigenvalue weighted by Gasteiger charge is 2.47. The van der Waals surface area contributed by atoms with E-state index in [1.54, 1.807) is 42.7 Å². The SMILES string of the molecule is CO[Si](CCCOCC1CO1)(OC)OC.CO[Si](OC)(OC)C1CCCCC1. The van der Waals surface area contributed by atoms with Gasteiger partial charge in [0.25, 0.3) is 0 Å². The van der Waals surface area contributed by atoms with Crippen molar-refractivity contribution < 1.29 is 36.0 Å². The van der Waals surface area contributed by atoms with E-state index in [2.05, 4.69) is 0 Å². The van der Waals surface area contributed by atoms with Crippen LogP contribution in [0, 0.1) is 0 Å². The van der Waals surface area contributed by atoms with Gasteiger partial charge in [0.05, 0.1) is 13.2 Å². The molecule has 0 bridgehead atoms. The van der Waals surface area contributed by atoms with Crippen LogP contribution in [-0.4, -0.2) is 86.2 Å². The summed E-state index contributed by atoms with van der Waals surface area (Å²) in [5.74, 6) is 0. The monoisotopic (exact) mass is 440 g/mol. The van der Waals surface area contributed by atoms with Gasteiger partial charge in [-0.1, -0.05) is 19.3 Å². The molecule has 0 aromatic rings. The molecule has 1 unspecified atom stereocenters. The standard InChI is InChI=1S/C9H20O5Si.C9H20O3Si/c1-10-15(11-2,12-3)6-4-5-13-7-9-8-14-9;1-10-13(11-2,12-3)9-7-5-4-6-8-9/h9H,4-8H2,1-3H3;9H,4-8H2,1-3H3. The average Bonchev–Trinajstić information content (AvgIpc) is 3.59. The van der Waals surface area contributed by atoms with Gasteiger partial charge in [0.2, 0.25) is 0 Å². The van der Waals surface area contributed by atoms with Crippen molar-refractivity contribution in [2.75, 3.05) is 62.5 Å². The van der Waals surface area contributed by atoms with Crippen LogP contribution in [0.5, 0.6) is 0 Å². The van der Waals surface area contributed by atoms with Gasteiger partial charge in [-0.2, -0.15) is 0 Å². The van der Waals surface area contributed by atoms with Crippen LogP contribution >= 0.6 is 0 Å². The minimum absolute atomic E-state index is 0.333. The van der Waals surface area contributed by atoms with Crippen molar-refractivity contribution in [3.63, 3.8) is 0 Å². The lowest BCUT2D eigenvalue weighted by atomic mass is 10.0. The highest BCUT2D eigenvalue weighted by Crippen LogP contribution is 2.37. The van der Waals surface area contributed by atoms with Gasteiger partial charge in [-0.15, -0.1) is 0 Å². The predicted octanol–water partition coefficient (Wildman–Crippen LogP) is 2.87. The van der Waals surface area contributed by atoms with Crippen LogP contribution in [0.2, 0.25) is 11.6 Å². The van der Waals surface area contributed by atoms with E-state index in [9.17, 15) is 0 Å². The smallest absolute Gasteiger partial charge is 0.379 e. The fraction of sp³-hybridized carbons (Fsp3) is 1.00. The van der Waals surface area contributed by atoms with Crippen LogP contribution in [0.4, 0.5) is 0 Å². The molecular formula is C18H40O8Si2. The van der Waals surface area contributed by atoms with Gasteiger partial charge in [0, 0.05) is 60.9 Å². The second-order valence-corrected chi connectivity index (χ2v) is 13.3. The molecule has 0 amide bonds. The lowest BCUT2D eigenvalue weighted by Crippen LogP contribution is -2.48. The maximum atomic E-state index is 5.47. The van der Waals surface area contributed by atoms with Crippen LogP contribution < -0.4 is 0 Å². The molecule has 10 heteroatoms. The van der Waals surface area contributed by atoms with Crippen LogP contribution in [0.25, 0.3) is 0 Å². The Morgan fingerprint density at radius 3 is 1.75 bits per heavy atom. The largest absolute Gasteiger partial charge is 0.503 e. The second-order valence-electron chi connectivity index (χ2n) is 6.98. The zero-order chi connectivity index (χ0) is 20.9. The Kier molecular flexibility index (Phi) is 13.2. The Hall–Kier alpha value is 0.114. The van der Waals surface area contributed by atoms with Crippen molar-refractivity contribution >= 4 is 17.6 Å². The summed E-state index contributed by atoms with van der Waals surface area (Å²) in [6.45, 7) is 2.24. The summed E-state index contributed by atoms with van der Waals surface area (Å²) >= 11 is 0. The van der Waals surface area contributed by atoms with Crippen molar-refractivity contribution in [1.29, 1.82) is 0 Å². The molecule has 168 valence electrons. The van der Waals surface area contributed by atoms with Crippen LogP contribution in [0.1, 0.15) is 38.5 Å². The zero-order valence-corrected chi connectivity index (χ0v) is 20.5. The minimum Gasteiger partial charge on any atom is -0.379 e. The molecule has 0 spiro atoms. The van der Waals surface area contributed by atoms with E-state index in [1.165, 1.54) is 32.1 Å². The Morgan fingerprint density at radius 1 is 0.786 bits per heavy atom. The summed E-state index contributed by atoms with van der Waals surface area (Å²) in [4.78, 5) is 0. The lowest BCUT2D eigenvalue weighted by molar-refractivity contribution is 0.100. The molecule has 2 fully saturated rings. The Bertz CT molecular complexity index is 367. The zero-order valence-electron chi connectivity index (χ0n) is 18.5. The first-order chi connectivity index (χ1) is 13.5. The quantitative estimate of drug-likeness (QED) is 0.246. The molecule has 1 saturated heterocycles. The first-order valence-corrected chi connectivity index (χ1v) is 13.8. The number of hydrogen-bond acceptors (Lipinski definition) is 8. The molecule has 8 nitrogen and oxygen atoms in total. The molecule has 28 heavy (non-hydrogen) atoms. The van der Waals surface area contributed by atoms with Gasteiger partial charge in [0.1, 0.15) is 6.10 Å². The van der Waals surface area contributed by atoms with E-state index < -0.39 is 17.6 Å². The maximum absolute atomic E-state index is 5.47. The number of ether oxygens (including phenoxy) is 2. The average molecular weight is 441 g/mol. The molecule has 0 radical (unpaired) electrons. The summed E-state index contributed by atoms with van der Waals surface area (Å²) < 4.78 is 42.7. The Labute approximate surface area is 172 Å². The normalized spacial score (nSPS) is 20.6. The second kappa shape index (κ2) is 14.2. The van der Waals surface area contributed by atoms with Gasteiger partial charge in [0.15, 0.2) is 0 Å².